The van der Waals surface area contributed by atoms with Crippen LogP contribution in [0.3, 0.4) is 0 Å². The molecule has 5 atom stereocenters. The Morgan fingerprint density at radius 2 is 0.460 bits per heavy atom. The van der Waals surface area contributed by atoms with E-state index in [2.05, 4.69) is 34.6 Å². The minimum Gasteiger partial charge on any atom is -0.462 e. The molecule has 0 aromatic rings. The maximum absolute atomic E-state index is 13.1. The molecule has 17 nitrogen and oxygen atoms in total. The number of carbonyl (C=O) groups excluding carboxylic acids is 4. The molecule has 0 radical (unpaired) electrons. The number of aliphatic hydroxyl groups excluding tert-OH is 1. The van der Waals surface area contributed by atoms with Crippen molar-refractivity contribution in [2.75, 3.05) is 39.6 Å². The van der Waals surface area contributed by atoms with Crippen molar-refractivity contribution in [1.29, 1.82) is 0 Å². The van der Waals surface area contributed by atoms with Crippen LogP contribution in [-0.4, -0.2) is 96.7 Å². The van der Waals surface area contributed by atoms with Gasteiger partial charge in [-0.3, -0.25) is 37.3 Å². The largest absolute Gasteiger partial charge is 0.472 e. The Hall–Kier alpha value is -1.94. The van der Waals surface area contributed by atoms with Gasteiger partial charge in [-0.25, -0.2) is 9.13 Å². The van der Waals surface area contributed by atoms with Crippen molar-refractivity contribution in [2.24, 2.45) is 5.92 Å². The lowest BCUT2D eigenvalue weighted by molar-refractivity contribution is -0.161. The van der Waals surface area contributed by atoms with Crippen molar-refractivity contribution < 1.29 is 80.2 Å². The molecule has 0 aliphatic rings. The van der Waals surface area contributed by atoms with Crippen LogP contribution in [-0.2, 0) is 65.4 Å². The number of carbonyl (C=O) groups is 4. The maximum Gasteiger partial charge on any atom is 0.472 e. The molecule has 2 unspecified atom stereocenters. The van der Waals surface area contributed by atoms with E-state index in [4.69, 9.17) is 37.0 Å². The minimum atomic E-state index is -4.96. The van der Waals surface area contributed by atoms with E-state index in [1.165, 1.54) is 257 Å². The second-order valence-electron chi connectivity index (χ2n) is 29.6. The van der Waals surface area contributed by atoms with Gasteiger partial charge in [0, 0.05) is 25.7 Å². The fraction of sp³-hybridized carbons (Fsp3) is 0.951. The Morgan fingerprint density at radius 3 is 0.680 bits per heavy atom. The second-order valence-corrected chi connectivity index (χ2v) is 32.5. The highest BCUT2D eigenvalue weighted by molar-refractivity contribution is 7.47. The van der Waals surface area contributed by atoms with E-state index in [1.807, 2.05) is 0 Å². The third-order valence-corrected chi connectivity index (χ3v) is 20.9. The van der Waals surface area contributed by atoms with Crippen molar-refractivity contribution in [2.45, 2.75) is 451 Å². The average molecular weight is 1470 g/mol. The van der Waals surface area contributed by atoms with Crippen molar-refractivity contribution >= 4 is 39.5 Å². The van der Waals surface area contributed by atoms with E-state index in [1.54, 1.807) is 0 Å². The molecule has 0 saturated carbocycles. The molecule has 3 N–H and O–H groups in total. The first kappa shape index (κ1) is 98.1. The van der Waals surface area contributed by atoms with Gasteiger partial charge in [0.15, 0.2) is 12.2 Å². The first-order valence-electron chi connectivity index (χ1n) is 42.1. The number of phosphoric acid groups is 2. The number of phosphoric ester groups is 2. The van der Waals surface area contributed by atoms with E-state index < -0.39 is 97.5 Å². The second kappa shape index (κ2) is 73.9. The molecular weight excluding hydrogens is 1310 g/mol. The monoisotopic (exact) mass is 1470 g/mol. The predicted octanol–water partition coefficient (Wildman–Crippen LogP) is 24.4. The predicted molar refractivity (Wildman–Crippen MR) is 409 cm³/mol. The van der Waals surface area contributed by atoms with Gasteiger partial charge in [0.25, 0.3) is 0 Å². The van der Waals surface area contributed by atoms with Crippen LogP contribution in [0.2, 0.25) is 0 Å². The Bertz CT molecular complexity index is 1910. The van der Waals surface area contributed by atoms with Crippen LogP contribution in [0.5, 0.6) is 0 Å². The number of unbranched alkanes of at least 4 members (excludes halogenated alkanes) is 53. The summed E-state index contributed by atoms with van der Waals surface area (Å²) in [4.78, 5) is 73.0. The van der Waals surface area contributed by atoms with Crippen LogP contribution in [0, 0.1) is 5.92 Å². The zero-order valence-corrected chi connectivity index (χ0v) is 67.1. The maximum atomic E-state index is 13.1. The number of rotatable bonds is 81. The molecule has 0 bridgehead atoms. The number of ether oxygens (including phenoxy) is 4. The molecule has 0 aromatic heterocycles. The molecule has 100 heavy (non-hydrogen) atoms. The summed E-state index contributed by atoms with van der Waals surface area (Å²) in [6.45, 7) is 7.31. The molecule has 0 spiro atoms. The number of hydrogen-bond acceptors (Lipinski definition) is 15. The minimum absolute atomic E-state index is 0.108. The molecule has 0 fully saturated rings. The Labute approximate surface area is 613 Å². The van der Waals surface area contributed by atoms with Gasteiger partial charge in [-0.2, -0.15) is 0 Å². The van der Waals surface area contributed by atoms with E-state index in [0.717, 1.165) is 95.8 Å². The van der Waals surface area contributed by atoms with Crippen LogP contribution in [0.1, 0.15) is 433 Å². The van der Waals surface area contributed by atoms with Crippen molar-refractivity contribution in [3.63, 3.8) is 0 Å². The van der Waals surface area contributed by atoms with Gasteiger partial charge in [0.1, 0.15) is 19.3 Å². The summed E-state index contributed by atoms with van der Waals surface area (Å²) in [6.07, 6.45) is 65.2. The first-order valence-corrected chi connectivity index (χ1v) is 45.1. The van der Waals surface area contributed by atoms with Crippen molar-refractivity contribution in [3.8, 4) is 0 Å². The highest BCUT2D eigenvalue weighted by Gasteiger charge is 2.30. The first-order chi connectivity index (χ1) is 48.5. The average Bonchev–Trinajstić information content (AvgIpc) is 0.922. The SMILES string of the molecule is CCCCCCCCCCCCCCCCCCCCCCCCC(=O)O[C@H](COC(=O)CCCCCCCCCCCCCCC)COP(=O)(O)OC[C@@H](O)COP(=O)(O)OC[C@@H](COC(=O)CCCCCCCCCCCC(C)C)OC(=O)CCCCCCCCCCCCCCC. The van der Waals surface area contributed by atoms with E-state index in [9.17, 15) is 43.2 Å². The summed E-state index contributed by atoms with van der Waals surface area (Å²) >= 11 is 0. The molecule has 19 heteroatoms. The highest BCUT2D eigenvalue weighted by atomic mass is 31.2. The topological polar surface area (TPSA) is 237 Å². The van der Waals surface area contributed by atoms with E-state index in [0.29, 0.717) is 25.7 Å². The van der Waals surface area contributed by atoms with Gasteiger partial charge in [0.2, 0.25) is 0 Å². The molecule has 0 aromatic carbocycles. The van der Waals surface area contributed by atoms with Gasteiger partial charge in [-0.15, -0.1) is 0 Å². The van der Waals surface area contributed by atoms with Crippen LogP contribution in [0.15, 0.2) is 0 Å². The lowest BCUT2D eigenvalue weighted by Crippen LogP contribution is -2.30. The normalized spacial score (nSPS) is 13.8. The fourth-order valence-electron chi connectivity index (χ4n) is 12.6. The quantitative estimate of drug-likeness (QED) is 0.0222. The smallest absolute Gasteiger partial charge is 0.462 e. The molecule has 0 saturated heterocycles. The molecular formula is C81H158O17P2. The molecule has 0 amide bonds. The van der Waals surface area contributed by atoms with Crippen LogP contribution in [0.25, 0.3) is 0 Å². The Kier molecular flexibility index (Phi) is 72.5. The van der Waals surface area contributed by atoms with Gasteiger partial charge in [-0.05, 0) is 31.6 Å². The molecule has 0 aliphatic carbocycles. The summed E-state index contributed by atoms with van der Waals surface area (Å²) in [5, 5.41) is 10.6. The summed E-state index contributed by atoms with van der Waals surface area (Å²) < 4.78 is 68.7. The van der Waals surface area contributed by atoms with Gasteiger partial charge >= 0.3 is 39.5 Å². The van der Waals surface area contributed by atoms with Gasteiger partial charge in [-0.1, -0.05) is 381 Å². The summed E-state index contributed by atoms with van der Waals surface area (Å²) in [7, 11) is -9.92. The molecule has 0 aliphatic heterocycles. The number of aliphatic hydroxyl groups is 1. The standard InChI is InChI=1S/C81H158O17P2/c1-6-9-12-15-18-21-24-27-28-29-30-31-32-33-34-35-38-41-46-52-57-62-67-81(86)97-76(70-91-78(83)64-59-54-49-44-39-36-25-22-19-16-13-10-7-2)72-95-99(87,88)93-68-75(82)69-94-100(89,90)96-73-77(71-92-79(84)65-60-55-50-47-42-43-48-53-58-63-74(4)5)98-80(85)66-61-56-51-45-40-37-26-23-20-17-14-11-8-3/h74-77,82H,6-73H2,1-5H3,(H,87,88)(H,89,90)/t75-,76-,77-/m1/s1. The third kappa shape index (κ3) is 74.3. The fourth-order valence-corrected chi connectivity index (χ4v) is 14.2. The zero-order valence-electron chi connectivity index (χ0n) is 65.3. The zero-order chi connectivity index (χ0) is 73.4. The van der Waals surface area contributed by atoms with Gasteiger partial charge < -0.3 is 33.8 Å². The Balaban J connectivity index is 5.20. The molecule has 0 rings (SSSR count). The summed E-state index contributed by atoms with van der Waals surface area (Å²) in [5.74, 6) is -1.36. The number of esters is 4. The number of hydrogen-bond donors (Lipinski definition) is 3. The van der Waals surface area contributed by atoms with Crippen LogP contribution in [0.4, 0.5) is 0 Å². The van der Waals surface area contributed by atoms with Crippen molar-refractivity contribution in [3.05, 3.63) is 0 Å². The van der Waals surface area contributed by atoms with Crippen molar-refractivity contribution in [1.82, 2.24) is 0 Å². The third-order valence-electron chi connectivity index (χ3n) is 19.0. The Morgan fingerprint density at radius 1 is 0.270 bits per heavy atom. The molecule has 594 valence electrons. The van der Waals surface area contributed by atoms with Crippen LogP contribution < -0.4 is 0 Å². The van der Waals surface area contributed by atoms with Crippen LogP contribution >= 0.6 is 15.6 Å². The van der Waals surface area contributed by atoms with E-state index in [-0.39, 0.29) is 25.7 Å². The summed E-state index contributed by atoms with van der Waals surface area (Å²) in [6, 6.07) is 0. The lowest BCUT2D eigenvalue weighted by atomic mass is 10.0. The molecule has 0 heterocycles. The van der Waals surface area contributed by atoms with E-state index >= 15 is 0 Å². The lowest BCUT2D eigenvalue weighted by Gasteiger charge is -2.21. The van der Waals surface area contributed by atoms with Gasteiger partial charge in [0.05, 0.1) is 26.4 Å². The highest BCUT2D eigenvalue weighted by Crippen LogP contribution is 2.45. The summed E-state index contributed by atoms with van der Waals surface area (Å²) in [5.41, 5.74) is 0.